The maximum absolute atomic E-state index is 13.0. The molecule has 168 valence electrons. The lowest BCUT2D eigenvalue weighted by Gasteiger charge is -2.16. The van der Waals surface area contributed by atoms with Crippen LogP contribution < -0.4 is 16.0 Å². The number of benzene rings is 2. The summed E-state index contributed by atoms with van der Waals surface area (Å²) < 4.78 is 82.7. The maximum atomic E-state index is 13.0. The molecule has 0 spiro atoms. The number of rotatable bonds is 4. The van der Waals surface area contributed by atoms with Crippen molar-refractivity contribution in [2.45, 2.75) is 12.4 Å². The number of carbonyl (C=O) groups is 1. The molecule has 3 rings (SSSR count). The molecule has 32 heavy (non-hydrogen) atoms. The van der Waals surface area contributed by atoms with E-state index < -0.39 is 35.1 Å². The van der Waals surface area contributed by atoms with E-state index in [1.165, 1.54) is 36.6 Å². The third kappa shape index (κ3) is 6.00. The summed E-state index contributed by atoms with van der Waals surface area (Å²) in [6.07, 6.45) is -8.59. The van der Waals surface area contributed by atoms with E-state index in [1.54, 1.807) is 6.07 Å². The summed E-state index contributed by atoms with van der Waals surface area (Å²) in [6.45, 7) is 0. The molecule has 1 amide bonds. The van der Waals surface area contributed by atoms with Crippen LogP contribution in [0.1, 0.15) is 21.7 Å². The quantitative estimate of drug-likeness (QED) is 0.303. The predicted molar refractivity (Wildman–Crippen MR) is 109 cm³/mol. The lowest BCUT2D eigenvalue weighted by atomic mass is 10.1. The zero-order chi connectivity index (χ0) is 23.5. The van der Waals surface area contributed by atoms with Gasteiger partial charge < -0.3 is 20.4 Å². The molecule has 0 aliphatic carbocycles. The van der Waals surface area contributed by atoms with Crippen LogP contribution in [0.25, 0.3) is 0 Å². The second kappa shape index (κ2) is 8.91. The van der Waals surface area contributed by atoms with Crippen molar-refractivity contribution in [1.29, 1.82) is 0 Å². The largest absolute Gasteiger partial charge is 0.459 e. The maximum Gasteiger partial charge on any atom is 0.416 e. The van der Waals surface area contributed by atoms with Crippen LogP contribution in [0, 0.1) is 0 Å². The Bertz CT molecular complexity index is 1080. The standard InChI is InChI=1S/C20H13F6N3O2S/c21-19(22,23)11-8-12(20(24,25)26)10-15(9-11)29-18(32)28-14-5-3-13(4-6-14)27-17(30)16-2-1-7-31-16/h1-10H,(H,27,30)(H2,28,29,32). The third-order valence-electron chi connectivity index (χ3n) is 3.99. The minimum atomic E-state index is -4.97. The number of furan rings is 1. The number of thiocarbonyl (C=S) groups is 1. The lowest BCUT2D eigenvalue weighted by molar-refractivity contribution is -0.143. The molecule has 5 nitrogen and oxygen atoms in total. The van der Waals surface area contributed by atoms with E-state index in [9.17, 15) is 31.1 Å². The first-order chi connectivity index (χ1) is 14.9. The highest BCUT2D eigenvalue weighted by Gasteiger charge is 2.37. The van der Waals surface area contributed by atoms with Gasteiger partial charge in [0.25, 0.3) is 5.91 Å². The molecule has 2 aromatic carbocycles. The molecular formula is C20H13F6N3O2S. The highest BCUT2D eigenvalue weighted by atomic mass is 32.1. The zero-order valence-electron chi connectivity index (χ0n) is 15.8. The van der Waals surface area contributed by atoms with Gasteiger partial charge in [-0.05, 0) is 66.8 Å². The van der Waals surface area contributed by atoms with Gasteiger partial charge in [-0.1, -0.05) is 0 Å². The van der Waals surface area contributed by atoms with Crippen molar-refractivity contribution in [2.24, 2.45) is 0 Å². The summed E-state index contributed by atoms with van der Waals surface area (Å²) in [5.41, 5.74) is -2.61. The fraction of sp³-hybridized carbons (Fsp3) is 0.100. The molecule has 0 aliphatic rings. The molecule has 12 heteroatoms. The number of alkyl halides is 6. The molecule has 3 N–H and O–H groups in total. The fourth-order valence-corrected chi connectivity index (χ4v) is 2.79. The number of amides is 1. The Morgan fingerprint density at radius 2 is 1.25 bits per heavy atom. The Balaban J connectivity index is 1.68. The van der Waals surface area contributed by atoms with Gasteiger partial charge in [-0.15, -0.1) is 0 Å². The topological polar surface area (TPSA) is 66.3 Å². The molecule has 1 aromatic heterocycles. The fourth-order valence-electron chi connectivity index (χ4n) is 2.56. The van der Waals surface area contributed by atoms with Crippen molar-refractivity contribution in [3.8, 4) is 0 Å². The summed E-state index contributed by atoms with van der Waals surface area (Å²) in [6, 6.07) is 10.1. The number of hydrogen-bond acceptors (Lipinski definition) is 3. The smallest absolute Gasteiger partial charge is 0.416 e. The molecule has 3 aromatic rings. The average Bonchev–Trinajstić information content (AvgIpc) is 3.23. The molecule has 0 saturated heterocycles. The number of hydrogen-bond donors (Lipinski definition) is 3. The van der Waals surface area contributed by atoms with E-state index >= 15 is 0 Å². The van der Waals surface area contributed by atoms with Gasteiger partial charge in [-0.25, -0.2) is 0 Å². The van der Waals surface area contributed by atoms with Gasteiger partial charge in [0.1, 0.15) is 0 Å². The summed E-state index contributed by atoms with van der Waals surface area (Å²) >= 11 is 4.98. The molecule has 0 radical (unpaired) electrons. The summed E-state index contributed by atoms with van der Waals surface area (Å²) in [5.74, 6) is -0.366. The monoisotopic (exact) mass is 473 g/mol. The Hall–Kier alpha value is -3.54. The van der Waals surface area contributed by atoms with Crippen LogP contribution in [-0.4, -0.2) is 11.0 Å². The Morgan fingerprint density at radius 1 is 0.750 bits per heavy atom. The minimum absolute atomic E-state index is 0.0252. The highest BCUT2D eigenvalue weighted by Crippen LogP contribution is 2.37. The van der Waals surface area contributed by atoms with Crippen molar-refractivity contribution in [3.63, 3.8) is 0 Å². The average molecular weight is 473 g/mol. The van der Waals surface area contributed by atoms with Crippen molar-refractivity contribution < 1.29 is 35.6 Å². The molecule has 1 heterocycles. The van der Waals surface area contributed by atoms with Crippen LogP contribution in [-0.2, 0) is 12.4 Å². The molecule has 0 bridgehead atoms. The molecule has 0 aliphatic heterocycles. The third-order valence-corrected chi connectivity index (χ3v) is 4.20. The molecular weight excluding hydrogens is 460 g/mol. The van der Waals surface area contributed by atoms with Crippen molar-refractivity contribution in [3.05, 3.63) is 77.7 Å². The van der Waals surface area contributed by atoms with Crippen molar-refractivity contribution >= 4 is 40.3 Å². The number of anilines is 3. The second-order valence-corrected chi connectivity index (χ2v) is 6.79. The SMILES string of the molecule is O=C(Nc1ccc(NC(=S)Nc2cc(C(F)(F)F)cc(C(F)(F)F)c2)cc1)c1ccco1. The van der Waals surface area contributed by atoms with Crippen LogP contribution in [0.2, 0.25) is 0 Å². The first-order valence-corrected chi connectivity index (χ1v) is 9.15. The predicted octanol–water partition coefficient (Wildman–Crippen LogP) is 6.38. The lowest BCUT2D eigenvalue weighted by Crippen LogP contribution is -2.20. The number of halogens is 6. The molecule has 0 saturated carbocycles. The van der Waals surface area contributed by atoms with Crippen LogP contribution >= 0.6 is 12.2 Å². The van der Waals surface area contributed by atoms with E-state index in [-0.39, 0.29) is 16.9 Å². The molecule has 0 atom stereocenters. The Kier molecular flexibility index (Phi) is 6.44. The van der Waals surface area contributed by atoms with E-state index in [1.807, 2.05) is 0 Å². The number of carbonyl (C=O) groups excluding carboxylic acids is 1. The second-order valence-electron chi connectivity index (χ2n) is 6.38. The molecule has 0 fully saturated rings. The first-order valence-electron chi connectivity index (χ1n) is 8.74. The van der Waals surface area contributed by atoms with E-state index in [0.717, 1.165) is 0 Å². The van der Waals surface area contributed by atoms with E-state index in [2.05, 4.69) is 16.0 Å². The summed E-state index contributed by atoms with van der Waals surface area (Å²) in [5, 5.41) is 7.31. The van der Waals surface area contributed by atoms with Crippen LogP contribution in [0.15, 0.2) is 65.3 Å². The Labute approximate surface area is 182 Å². The zero-order valence-corrected chi connectivity index (χ0v) is 16.6. The number of nitrogens with one attached hydrogen (secondary N) is 3. The summed E-state index contributed by atoms with van der Waals surface area (Å²) in [7, 11) is 0. The summed E-state index contributed by atoms with van der Waals surface area (Å²) in [4.78, 5) is 11.9. The Morgan fingerprint density at radius 3 is 1.72 bits per heavy atom. The highest BCUT2D eigenvalue weighted by molar-refractivity contribution is 7.80. The van der Waals surface area contributed by atoms with Crippen molar-refractivity contribution in [1.82, 2.24) is 0 Å². The minimum Gasteiger partial charge on any atom is -0.459 e. The van der Waals surface area contributed by atoms with Crippen LogP contribution in [0.4, 0.5) is 43.4 Å². The van der Waals surface area contributed by atoms with Gasteiger partial charge in [-0.2, -0.15) is 26.3 Å². The normalized spacial score (nSPS) is 11.7. The van der Waals surface area contributed by atoms with Gasteiger partial charge in [0.05, 0.1) is 17.4 Å². The van der Waals surface area contributed by atoms with Gasteiger partial charge in [0.15, 0.2) is 10.9 Å². The van der Waals surface area contributed by atoms with E-state index in [4.69, 9.17) is 16.6 Å². The van der Waals surface area contributed by atoms with Crippen LogP contribution in [0.3, 0.4) is 0 Å². The first kappa shape index (κ1) is 23.1. The molecule has 0 unspecified atom stereocenters. The van der Waals surface area contributed by atoms with Crippen LogP contribution in [0.5, 0.6) is 0 Å². The van der Waals surface area contributed by atoms with Gasteiger partial charge in [-0.3, -0.25) is 4.79 Å². The van der Waals surface area contributed by atoms with Gasteiger partial charge >= 0.3 is 12.4 Å². The van der Waals surface area contributed by atoms with E-state index in [0.29, 0.717) is 23.5 Å². The van der Waals surface area contributed by atoms with Gasteiger partial charge in [0.2, 0.25) is 0 Å². The van der Waals surface area contributed by atoms with Gasteiger partial charge in [0, 0.05) is 17.1 Å². The van der Waals surface area contributed by atoms with Crippen molar-refractivity contribution in [2.75, 3.05) is 16.0 Å².